The van der Waals surface area contributed by atoms with E-state index in [4.69, 9.17) is 23.7 Å². The number of aromatic nitrogens is 2. The van der Waals surface area contributed by atoms with Crippen molar-refractivity contribution in [2.75, 3.05) is 72.9 Å². The molecule has 0 amide bonds. The normalized spacial score (nSPS) is 23.2. The summed E-state index contributed by atoms with van der Waals surface area (Å²) in [4.78, 5) is 25.7. The number of nitrogens with zero attached hydrogens (tertiary/aromatic N) is 4. The number of carbonyl (C=O) groups is 1. The van der Waals surface area contributed by atoms with E-state index < -0.39 is 5.97 Å². The molecule has 2 atom stereocenters. The molecule has 1 aliphatic heterocycles. The number of ether oxygens (including phenoxy) is 5. The summed E-state index contributed by atoms with van der Waals surface area (Å²) in [5, 5.41) is 0. The third kappa shape index (κ3) is 11.0. The van der Waals surface area contributed by atoms with E-state index in [0.29, 0.717) is 51.9 Å². The van der Waals surface area contributed by atoms with Gasteiger partial charge in [-0.1, -0.05) is 25.0 Å². The van der Waals surface area contributed by atoms with Crippen LogP contribution in [-0.4, -0.2) is 111 Å². The molecule has 0 radical (unpaired) electrons. The van der Waals surface area contributed by atoms with E-state index >= 15 is 0 Å². The molecule has 0 bridgehead atoms. The second-order valence-corrected chi connectivity index (χ2v) is 10.7. The van der Waals surface area contributed by atoms with E-state index in [1.165, 1.54) is 13.5 Å². The van der Waals surface area contributed by atoms with E-state index in [1.54, 1.807) is 6.07 Å². The highest BCUT2D eigenvalue weighted by Crippen LogP contribution is 2.24. The van der Waals surface area contributed by atoms with Gasteiger partial charge < -0.3 is 23.7 Å². The number of carbonyl (C=O) groups excluding carboxylic acids is 1. The van der Waals surface area contributed by atoms with Gasteiger partial charge in [0.15, 0.2) is 0 Å². The zero-order valence-electron chi connectivity index (χ0n) is 24.7. The van der Waals surface area contributed by atoms with Gasteiger partial charge in [0.1, 0.15) is 5.69 Å². The third-order valence-corrected chi connectivity index (χ3v) is 7.52. The molecule has 3 heterocycles. The van der Waals surface area contributed by atoms with Crippen LogP contribution in [0, 0.1) is 6.92 Å². The van der Waals surface area contributed by atoms with Crippen molar-refractivity contribution in [3.63, 3.8) is 0 Å². The summed E-state index contributed by atoms with van der Waals surface area (Å²) in [6.45, 7) is 9.94. The van der Waals surface area contributed by atoms with E-state index in [-0.39, 0.29) is 12.2 Å². The number of pyridine rings is 2. The second-order valence-electron chi connectivity index (χ2n) is 10.7. The average molecular weight is 571 g/mol. The number of hydrogen-bond acceptors (Lipinski definition) is 10. The van der Waals surface area contributed by atoms with Gasteiger partial charge in [0.2, 0.25) is 0 Å². The molecule has 2 fully saturated rings. The summed E-state index contributed by atoms with van der Waals surface area (Å²) in [6, 6.07) is 11.6. The van der Waals surface area contributed by atoms with Crippen LogP contribution in [0.1, 0.15) is 53.3 Å². The first-order valence-corrected chi connectivity index (χ1v) is 14.9. The Labute approximate surface area is 244 Å². The summed E-state index contributed by atoms with van der Waals surface area (Å²) >= 11 is 0. The minimum Gasteiger partial charge on any atom is -0.464 e. The molecule has 2 aromatic heterocycles. The van der Waals surface area contributed by atoms with Crippen LogP contribution in [0.25, 0.3) is 0 Å². The summed E-state index contributed by atoms with van der Waals surface area (Å²) < 4.78 is 29.5. The average Bonchev–Trinajstić information content (AvgIpc) is 2.98. The van der Waals surface area contributed by atoms with Gasteiger partial charge in [-0.2, -0.15) is 0 Å². The fourth-order valence-electron chi connectivity index (χ4n) is 5.29. The fourth-order valence-corrected chi connectivity index (χ4v) is 5.29. The van der Waals surface area contributed by atoms with E-state index in [0.717, 1.165) is 69.1 Å². The van der Waals surface area contributed by atoms with Crippen LogP contribution in [0.5, 0.6) is 0 Å². The Hall–Kier alpha value is -2.47. The van der Waals surface area contributed by atoms with Crippen molar-refractivity contribution < 1.29 is 28.5 Å². The molecule has 1 saturated heterocycles. The molecule has 10 nitrogen and oxygen atoms in total. The van der Waals surface area contributed by atoms with Crippen molar-refractivity contribution in [2.24, 2.45) is 0 Å². The molecule has 0 N–H and O–H groups in total. The quantitative estimate of drug-likeness (QED) is 0.499. The molecule has 2 aliphatic rings. The molecular weight excluding hydrogens is 524 g/mol. The lowest BCUT2D eigenvalue weighted by atomic mass is 9.94. The summed E-state index contributed by atoms with van der Waals surface area (Å²) in [5.41, 5.74) is 3.21. The smallest absolute Gasteiger partial charge is 0.356 e. The first-order valence-electron chi connectivity index (χ1n) is 14.9. The highest BCUT2D eigenvalue weighted by atomic mass is 16.5. The van der Waals surface area contributed by atoms with Crippen LogP contribution in [0.2, 0.25) is 0 Å². The Kier molecular flexibility index (Phi) is 13.4. The predicted molar refractivity (Wildman–Crippen MR) is 155 cm³/mol. The lowest BCUT2D eigenvalue weighted by molar-refractivity contribution is -0.0993. The molecule has 0 spiro atoms. The Morgan fingerprint density at radius 3 is 1.88 bits per heavy atom. The first-order chi connectivity index (χ1) is 20.1. The summed E-state index contributed by atoms with van der Waals surface area (Å²) in [6.07, 6.45) is 4.57. The second kappa shape index (κ2) is 17.5. The Morgan fingerprint density at radius 2 is 1.32 bits per heavy atom. The van der Waals surface area contributed by atoms with Gasteiger partial charge in [0.05, 0.1) is 70.3 Å². The largest absolute Gasteiger partial charge is 0.464 e. The van der Waals surface area contributed by atoms with Crippen LogP contribution in [0.15, 0.2) is 36.4 Å². The number of esters is 1. The van der Waals surface area contributed by atoms with Gasteiger partial charge in [-0.15, -0.1) is 0 Å². The van der Waals surface area contributed by atoms with E-state index in [2.05, 4.69) is 31.9 Å². The van der Waals surface area contributed by atoms with E-state index in [1.807, 2.05) is 25.1 Å². The molecule has 0 unspecified atom stereocenters. The number of aryl methyl sites for hydroxylation is 1. The topological polar surface area (TPSA) is 95.5 Å². The summed E-state index contributed by atoms with van der Waals surface area (Å²) in [7, 11) is 1.37. The fraction of sp³-hybridized carbons (Fsp3) is 0.645. The van der Waals surface area contributed by atoms with Crippen molar-refractivity contribution in [3.05, 3.63) is 59.2 Å². The lowest BCUT2D eigenvalue weighted by Crippen LogP contribution is -2.39. The summed E-state index contributed by atoms with van der Waals surface area (Å²) in [5.74, 6) is -0.434. The Morgan fingerprint density at radius 1 is 0.780 bits per heavy atom. The Bertz CT molecular complexity index is 1060. The number of hydrogen-bond donors (Lipinski definition) is 0. The standard InChI is InChI=1S/C31H46N4O6/c1-25-7-5-8-26(32-25)23-34-13-17-38-21-22-39-18-14-35(24-27-9-6-10-28(33-27)31(36)37-2)16-20-41-30-12-4-3-11-29(30)40-19-15-34/h5-10,29-30H,3-4,11-24H2,1-2H3/t29-,30-/m1/s1. The molecular formula is C31H46N4O6. The maximum Gasteiger partial charge on any atom is 0.356 e. The van der Waals surface area contributed by atoms with Crippen LogP contribution in [0.4, 0.5) is 0 Å². The van der Waals surface area contributed by atoms with Crippen LogP contribution < -0.4 is 0 Å². The molecule has 2 aromatic rings. The van der Waals surface area contributed by atoms with Crippen LogP contribution in [0.3, 0.4) is 0 Å². The molecule has 10 heteroatoms. The SMILES string of the molecule is COC(=O)c1cccc(CN2CCOCCOCCN(Cc3cccc(C)n3)CCO[C@@H]3CCCC[C@H]3OCC2)n1. The molecule has 0 aromatic carbocycles. The van der Waals surface area contributed by atoms with Gasteiger partial charge in [0, 0.05) is 45.0 Å². The van der Waals surface area contributed by atoms with Crippen LogP contribution >= 0.6 is 0 Å². The number of rotatable bonds is 5. The monoisotopic (exact) mass is 570 g/mol. The van der Waals surface area contributed by atoms with Crippen molar-refractivity contribution in [1.29, 1.82) is 0 Å². The first kappa shape index (κ1) is 31.5. The van der Waals surface area contributed by atoms with Crippen molar-refractivity contribution >= 4 is 5.97 Å². The molecule has 1 aliphatic carbocycles. The Balaban J connectivity index is 1.35. The van der Waals surface area contributed by atoms with Crippen molar-refractivity contribution in [1.82, 2.24) is 19.8 Å². The van der Waals surface area contributed by atoms with Crippen LogP contribution in [-0.2, 0) is 36.8 Å². The lowest BCUT2D eigenvalue weighted by Gasteiger charge is -2.33. The molecule has 1 saturated carbocycles. The van der Waals surface area contributed by atoms with Gasteiger partial charge in [0.25, 0.3) is 0 Å². The van der Waals surface area contributed by atoms with E-state index in [9.17, 15) is 4.79 Å². The van der Waals surface area contributed by atoms with Gasteiger partial charge in [-0.05, 0) is 44.0 Å². The molecule has 41 heavy (non-hydrogen) atoms. The minimum atomic E-state index is -0.434. The van der Waals surface area contributed by atoms with Gasteiger partial charge in [-0.25, -0.2) is 9.78 Å². The van der Waals surface area contributed by atoms with Gasteiger partial charge >= 0.3 is 5.97 Å². The number of methoxy groups -OCH3 is 1. The maximum atomic E-state index is 12.0. The zero-order valence-corrected chi connectivity index (χ0v) is 24.7. The van der Waals surface area contributed by atoms with Gasteiger partial charge in [-0.3, -0.25) is 14.8 Å². The highest BCUT2D eigenvalue weighted by molar-refractivity contribution is 5.87. The maximum absolute atomic E-state index is 12.0. The zero-order chi connectivity index (χ0) is 28.7. The van der Waals surface area contributed by atoms with Crippen molar-refractivity contribution in [3.8, 4) is 0 Å². The van der Waals surface area contributed by atoms with Crippen molar-refractivity contribution in [2.45, 2.75) is 57.9 Å². The highest BCUT2D eigenvalue weighted by Gasteiger charge is 2.27. The third-order valence-electron chi connectivity index (χ3n) is 7.52. The minimum absolute atomic E-state index is 0.0942. The molecule has 226 valence electrons. The number of fused-ring (bicyclic) bond motifs is 1. The molecule has 4 rings (SSSR count). The predicted octanol–water partition coefficient (Wildman–Crippen LogP) is 3.27.